The van der Waals surface area contributed by atoms with Crippen LogP contribution < -0.4 is 0 Å². The van der Waals surface area contributed by atoms with E-state index < -0.39 is 11.2 Å². The number of aromatic nitrogens is 6. The standard InChI is InChI=1S/2C28H38FN3O2.C22H38O.C21H32O2.C20H32O2/c1-3-28(34)13-11-19-17(15-28)4-6-21-20(19)10-12-27(2)22(21)7-8-23(27)26(33)16-32-25-14-18(29)5-9-24(25)30-31-32;1-3-28(34)13-11-19-17(15-28)4-6-21-20(19)10-12-27(2)22(21)7-8-23(27)26(33)16-32-30-24-9-5-18(29)14-25(24)31-32;1-14(23)19-7-8-20-18-6-5-15-13-21(2,3)11-9-16(15)17(18)10-12-22(19,20)4;1-13(22)18-5-6-19-17-4-3-14-11-21(12-23-21)10-8-15(14)16(17)7-9-20(18,19)2;1-12(21)18-7-8-19-17-5-3-13-11-14(22)4-6-15(13)16(17)9-10-20(18,19)2/h2*5,9,14,17,19-23,34H,3-4,6-8,10-13,15-16H2,1-2H3;14-20,23H,5-13H2,1-4H3;14-19H,3-12H2,1-2H3;12-13,15-19,21H,3-11H2,1-2H3/t2*17-,19-,20+,21+,22-,23+,27-,28+;14?,15-,16-,17+,18+,19+,20-,22+;14-,15-,16+,17+,18+,19-,20+,21?;12?,13-,15-,16+,17+,18+,19-,20+/m00000/s1. The average Bonchev–Trinajstić information content (AvgIpc) is 1.54. The predicted molar refractivity (Wildman–Crippen MR) is 530 cm³/mol. The largest absolute Gasteiger partial charge is 0.393 e. The summed E-state index contributed by atoms with van der Waals surface area (Å²) in [6, 6.07) is 8.81. The Kier molecular flexibility index (Phi) is 26.8. The van der Waals surface area contributed by atoms with E-state index in [2.05, 4.69) is 82.8 Å². The first kappa shape index (κ1) is 97.6. The molecule has 0 bridgehead atoms. The Morgan fingerprint density at radius 3 is 1.26 bits per heavy atom. The molecule has 20 saturated carbocycles. The molecule has 0 radical (unpaired) electrons. The number of hydrogen-bond acceptors (Lipinski definition) is 13. The van der Waals surface area contributed by atoms with Gasteiger partial charge in [-0.1, -0.05) is 67.5 Å². The van der Waals surface area contributed by atoms with Crippen molar-refractivity contribution in [2.24, 2.45) is 210 Å². The van der Waals surface area contributed by atoms with Crippen LogP contribution in [0.2, 0.25) is 0 Å². The number of fused-ring (bicyclic) bond motifs is 27. The van der Waals surface area contributed by atoms with Gasteiger partial charge in [-0.2, -0.15) is 15.0 Å². The molecule has 1 aliphatic heterocycles. The van der Waals surface area contributed by atoms with Gasteiger partial charge in [-0.05, 0) is 526 Å². The Hall–Kier alpha value is -4.42. The number of ketones is 4. The second-order valence-corrected chi connectivity index (χ2v) is 54.5. The third-order valence-electron chi connectivity index (χ3n) is 48.5. The Balaban J connectivity index is 0.000000103. The number of aliphatic hydroxyl groups excluding tert-OH is 2. The first-order valence-corrected chi connectivity index (χ1v) is 57.5. The Bertz CT molecular complexity index is 4990. The number of epoxide rings is 1. The maximum Gasteiger partial charge on any atom is 0.159 e. The van der Waals surface area contributed by atoms with Crippen molar-refractivity contribution in [3.8, 4) is 0 Å². The van der Waals surface area contributed by atoms with Gasteiger partial charge in [-0.15, -0.1) is 5.10 Å². The highest BCUT2D eigenvalue weighted by Crippen LogP contribution is 2.72. The molecule has 4 aromatic rings. The first-order chi connectivity index (χ1) is 64.9. The van der Waals surface area contributed by atoms with Gasteiger partial charge in [0.2, 0.25) is 0 Å². The quantitative estimate of drug-likeness (QED) is 0.103. The van der Waals surface area contributed by atoms with Crippen LogP contribution in [0.5, 0.6) is 0 Å². The van der Waals surface area contributed by atoms with Gasteiger partial charge in [0, 0.05) is 42.7 Å². The Morgan fingerprint density at radius 2 is 0.794 bits per heavy atom. The molecule has 20 aliphatic carbocycles. The van der Waals surface area contributed by atoms with Gasteiger partial charge in [0.25, 0.3) is 0 Å². The number of hydrogen-bond donors (Lipinski definition) is 4. The van der Waals surface area contributed by atoms with Crippen LogP contribution in [0.4, 0.5) is 8.78 Å². The van der Waals surface area contributed by atoms with Crippen LogP contribution in [-0.2, 0) is 37.0 Å². The number of benzene rings is 2. The lowest BCUT2D eigenvalue weighted by atomic mass is 9.48. The van der Waals surface area contributed by atoms with Gasteiger partial charge in [0.05, 0.1) is 41.1 Å². The van der Waals surface area contributed by atoms with Gasteiger partial charge in [-0.3, -0.25) is 19.2 Å². The number of nitrogens with zero attached hydrogens (tertiary/aromatic N) is 6. The summed E-state index contributed by atoms with van der Waals surface area (Å²) < 4.78 is 34.7. The number of rotatable bonds is 11. The van der Waals surface area contributed by atoms with E-state index in [1.165, 1.54) is 241 Å². The van der Waals surface area contributed by atoms with Gasteiger partial charge < -0.3 is 25.2 Å². The number of halogens is 2. The minimum Gasteiger partial charge on any atom is -0.393 e. The molecule has 25 rings (SSSR count). The summed E-state index contributed by atoms with van der Waals surface area (Å²) in [4.78, 5) is 52.5. The molecule has 2 aromatic heterocycles. The lowest BCUT2D eigenvalue weighted by Crippen LogP contribution is -2.51. The third-order valence-corrected chi connectivity index (χ3v) is 48.5. The molecule has 15 nitrogen and oxygen atoms in total. The van der Waals surface area contributed by atoms with Crippen LogP contribution in [0.3, 0.4) is 0 Å². The summed E-state index contributed by atoms with van der Waals surface area (Å²) in [5, 5.41) is 59.4. The maximum absolute atomic E-state index is 13.8. The molecule has 752 valence electrons. The molecular weight excluding hydrogens is 1700 g/mol. The number of aliphatic hydroxyl groups is 4. The highest BCUT2D eigenvalue weighted by atomic mass is 19.1. The zero-order valence-electron chi connectivity index (χ0n) is 86.1. The van der Waals surface area contributed by atoms with Crippen molar-refractivity contribution < 1.29 is 53.1 Å². The van der Waals surface area contributed by atoms with E-state index in [1.54, 1.807) is 16.8 Å². The lowest BCUT2D eigenvalue weighted by Gasteiger charge is -2.57. The molecule has 21 fully saturated rings. The average molecular weight is 1870 g/mol. The van der Waals surface area contributed by atoms with Crippen LogP contribution in [0.25, 0.3) is 22.1 Å². The molecule has 1 spiro atoms. The second kappa shape index (κ2) is 37.3. The van der Waals surface area contributed by atoms with Gasteiger partial charge in [0.1, 0.15) is 52.8 Å². The molecule has 2 aromatic carbocycles. The summed E-state index contributed by atoms with van der Waals surface area (Å²) >= 11 is 0. The van der Waals surface area contributed by atoms with Gasteiger partial charge in [0.15, 0.2) is 11.6 Å². The highest BCUT2D eigenvalue weighted by molar-refractivity contribution is 5.85. The SMILES string of the molecule is CC(=O)[C@H]1CC[C@H]2[C@@H]3CC[C@H]4CC5(CC[C@@H]4[C@H]3CC[C@]12C)CO5.CC(O)[C@H]1CC[C@H]2[C@@H]3CC[C@H]4CC(=O)CC[C@@H]4[C@H]3CC[C@]12C.CC(O)[C@H]1CC[C@H]2[C@@H]3CC[C@H]4CC(C)(C)CC[C@@H]4[C@H]3CC[C@]12C.CC[C@@]1(O)CC[C@H]2[C@@H](CC[C@@H]3[C@@H]2CC[C@]2(C)[C@@H](C(=O)Cn4nc5ccc(F)cc5n4)CC[C@@H]32)C1.CC[C@@]1(O)CC[C@H]2[C@@H](CC[C@@H]3[C@@H]2CC[C@]2(C)[C@@H](C(=O)Cn4nnc5ccc(F)cc54)CC[C@@H]32)C1. The Morgan fingerprint density at radius 1 is 0.412 bits per heavy atom. The van der Waals surface area contributed by atoms with Crippen molar-refractivity contribution >= 4 is 45.2 Å². The maximum atomic E-state index is 13.8. The molecular formula is C119H178F2N6O9. The molecule has 136 heavy (non-hydrogen) atoms. The summed E-state index contributed by atoms with van der Waals surface area (Å²) in [6.07, 6.45) is 57.7. The lowest BCUT2D eigenvalue weighted by molar-refractivity contribution is -0.134. The molecule has 4 N–H and O–H groups in total. The van der Waals surface area contributed by atoms with Crippen LogP contribution in [0.15, 0.2) is 36.4 Å². The van der Waals surface area contributed by atoms with Crippen molar-refractivity contribution in [2.45, 2.75) is 427 Å². The van der Waals surface area contributed by atoms with Gasteiger partial charge >= 0.3 is 0 Å². The van der Waals surface area contributed by atoms with E-state index in [1.807, 2.05) is 20.8 Å². The van der Waals surface area contributed by atoms with E-state index in [0.29, 0.717) is 108 Å². The fraction of sp³-hybridized carbons (Fsp3) is 0.866. The Labute approximate surface area is 815 Å². The number of carbonyl (C=O) groups excluding carboxylic acids is 4. The van der Waals surface area contributed by atoms with E-state index in [-0.39, 0.29) is 71.2 Å². The summed E-state index contributed by atoms with van der Waals surface area (Å²) in [5.41, 5.74) is 3.71. The highest BCUT2D eigenvalue weighted by Gasteiger charge is 2.66. The molecule has 21 aliphatic rings. The normalized spacial score (nSPS) is 48.0. The van der Waals surface area contributed by atoms with Crippen LogP contribution in [-0.4, -0.2) is 109 Å². The second-order valence-electron chi connectivity index (χ2n) is 54.5. The summed E-state index contributed by atoms with van der Waals surface area (Å²) in [6.45, 7) is 28.8. The van der Waals surface area contributed by atoms with Crippen LogP contribution in [0.1, 0.15) is 385 Å². The smallest absolute Gasteiger partial charge is 0.159 e. The summed E-state index contributed by atoms with van der Waals surface area (Å²) in [5.74, 6) is 23.3. The fourth-order valence-corrected chi connectivity index (χ4v) is 41.8. The minimum absolute atomic E-state index is 0.0560. The van der Waals surface area contributed by atoms with Crippen molar-refractivity contribution in [1.29, 1.82) is 0 Å². The zero-order chi connectivity index (χ0) is 95.0. The number of ether oxygens (including phenoxy) is 1. The number of carbonyl (C=O) groups is 4. The van der Waals surface area contributed by atoms with Gasteiger partial charge in [-0.25, -0.2) is 13.5 Å². The molecule has 17 heteroatoms. The van der Waals surface area contributed by atoms with Crippen molar-refractivity contribution in [3.63, 3.8) is 0 Å². The van der Waals surface area contributed by atoms with E-state index in [0.717, 1.165) is 215 Å². The van der Waals surface area contributed by atoms with Crippen LogP contribution in [0, 0.1) is 222 Å². The molecule has 3 unspecified atom stereocenters. The number of Topliss-reactive ketones (excluding diaryl/α,β-unsaturated/α-hetero) is 4. The molecule has 1 saturated heterocycles. The minimum atomic E-state index is -0.434. The van der Waals surface area contributed by atoms with E-state index in [9.17, 15) is 48.4 Å². The molecule has 40 atom stereocenters. The zero-order valence-corrected chi connectivity index (χ0v) is 86.1. The predicted octanol–water partition coefficient (Wildman–Crippen LogP) is 25.6. The topological polar surface area (TPSA) is 223 Å². The third kappa shape index (κ3) is 17.4. The van der Waals surface area contributed by atoms with Crippen molar-refractivity contribution in [3.05, 3.63) is 48.0 Å². The van der Waals surface area contributed by atoms with Crippen molar-refractivity contribution in [1.82, 2.24) is 30.0 Å². The fourth-order valence-electron chi connectivity index (χ4n) is 41.8. The van der Waals surface area contributed by atoms with Crippen molar-refractivity contribution in [2.75, 3.05) is 6.61 Å². The summed E-state index contributed by atoms with van der Waals surface area (Å²) in [7, 11) is 0. The van der Waals surface area contributed by atoms with Crippen LogP contribution >= 0.6 is 0 Å². The monoisotopic (exact) mass is 1870 g/mol. The van der Waals surface area contributed by atoms with E-state index in [4.69, 9.17) is 4.74 Å². The van der Waals surface area contributed by atoms with E-state index >= 15 is 0 Å². The first-order valence-electron chi connectivity index (χ1n) is 57.5. The molecule has 3 heterocycles. The molecule has 0 amide bonds.